The van der Waals surface area contributed by atoms with E-state index in [-0.39, 0.29) is 11.5 Å². The Hall–Kier alpha value is -1.03. The van der Waals surface area contributed by atoms with Crippen molar-refractivity contribution in [3.8, 4) is 0 Å². The van der Waals surface area contributed by atoms with Gasteiger partial charge in [0.1, 0.15) is 0 Å². The normalized spacial score (nSPS) is 11.8. The van der Waals surface area contributed by atoms with Crippen molar-refractivity contribution in [2.45, 2.75) is 33.1 Å². The van der Waals surface area contributed by atoms with Crippen LogP contribution in [0.4, 0.5) is 5.69 Å². The summed E-state index contributed by atoms with van der Waals surface area (Å²) >= 11 is 0. The van der Waals surface area contributed by atoms with Crippen LogP contribution in [-0.2, 0) is 9.84 Å². The van der Waals surface area contributed by atoms with Crippen molar-refractivity contribution in [3.63, 3.8) is 0 Å². The molecule has 0 heterocycles. The molecule has 1 aromatic rings. The second-order valence-electron chi connectivity index (χ2n) is 4.86. The number of anilines is 1. The number of rotatable bonds is 7. The van der Waals surface area contributed by atoms with Crippen LogP contribution in [0.5, 0.6) is 0 Å². The van der Waals surface area contributed by atoms with Crippen LogP contribution >= 0.6 is 0 Å². The van der Waals surface area contributed by atoms with Crippen molar-refractivity contribution < 1.29 is 8.42 Å². The first-order chi connectivity index (χ1) is 8.44. The van der Waals surface area contributed by atoms with E-state index in [2.05, 4.69) is 31.3 Å². The van der Waals surface area contributed by atoms with E-state index in [0.717, 1.165) is 5.69 Å². The maximum absolute atomic E-state index is 11.6. The molecular formula is C14H23NO2S. The van der Waals surface area contributed by atoms with Crippen molar-refractivity contribution in [1.82, 2.24) is 0 Å². The molecule has 0 saturated carbocycles. The standard InChI is InChI=1S/C14H23NO2S/c1-4-9-18(16,17)10-8-15-14-7-5-6-13(11-14)12(2)3/h5-7,11-12,15H,4,8-10H2,1-3H3. The van der Waals surface area contributed by atoms with Gasteiger partial charge in [0.2, 0.25) is 0 Å². The molecule has 0 aromatic heterocycles. The number of hydrogen-bond donors (Lipinski definition) is 1. The Bertz CT molecular complexity index is 466. The molecule has 0 aliphatic rings. The van der Waals surface area contributed by atoms with Crippen molar-refractivity contribution >= 4 is 15.5 Å². The molecule has 0 saturated heterocycles. The summed E-state index contributed by atoms with van der Waals surface area (Å²) in [7, 11) is -2.89. The Morgan fingerprint density at radius 1 is 1.22 bits per heavy atom. The Kier molecular flexibility index (Phi) is 5.66. The molecule has 0 fully saturated rings. The Labute approximate surface area is 111 Å². The van der Waals surface area contributed by atoms with E-state index in [1.165, 1.54) is 5.56 Å². The first-order valence-corrected chi connectivity index (χ1v) is 8.31. The lowest BCUT2D eigenvalue weighted by Crippen LogP contribution is -2.18. The Morgan fingerprint density at radius 2 is 1.94 bits per heavy atom. The fourth-order valence-electron chi connectivity index (χ4n) is 1.77. The fourth-order valence-corrected chi connectivity index (χ4v) is 3.01. The van der Waals surface area contributed by atoms with Crippen LogP contribution in [-0.4, -0.2) is 26.5 Å². The van der Waals surface area contributed by atoms with Gasteiger partial charge in [0.05, 0.1) is 5.75 Å². The molecule has 1 rings (SSSR count). The third-order valence-electron chi connectivity index (χ3n) is 2.81. The lowest BCUT2D eigenvalue weighted by molar-refractivity contribution is 0.595. The van der Waals surface area contributed by atoms with Crippen LogP contribution in [0.3, 0.4) is 0 Å². The topological polar surface area (TPSA) is 46.2 Å². The highest BCUT2D eigenvalue weighted by atomic mass is 32.2. The van der Waals surface area contributed by atoms with Crippen LogP contribution in [0.25, 0.3) is 0 Å². The molecule has 1 N–H and O–H groups in total. The first kappa shape index (κ1) is 15.0. The monoisotopic (exact) mass is 269 g/mol. The number of sulfone groups is 1. The molecular weight excluding hydrogens is 246 g/mol. The second-order valence-corrected chi connectivity index (χ2v) is 7.16. The van der Waals surface area contributed by atoms with E-state index in [1.807, 2.05) is 19.1 Å². The van der Waals surface area contributed by atoms with Crippen LogP contribution < -0.4 is 5.32 Å². The molecule has 102 valence electrons. The third-order valence-corrected chi connectivity index (χ3v) is 4.67. The van der Waals surface area contributed by atoms with E-state index in [0.29, 0.717) is 18.9 Å². The molecule has 18 heavy (non-hydrogen) atoms. The molecule has 0 bridgehead atoms. The molecule has 3 nitrogen and oxygen atoms in total. The van der Waals surface area contributed by atoms with Crippen molar-refractivity contribution in [2.75, 3.05) is 23.4 Å². The van der Waals surface area contributed by atoms with E-state index < -0.39 is 9.84 Å². The van der Waals surface area contributed by atoms with E-state index in [9.17, 15) is 8.42 Å². The zero-order chi connectivity index (χ0) is 13.6. The van der Waals surface area contributed by atoms with Gasteiger partial charge in [-0.15, -0.1) is 0 Å². The molecule has 0 unspecified atom stereocenters. The molecule has 0 atom stereocenters. The van der Waals surface area contributed by atoms with Crippen molar-refractivity contribution in [2.24, 2.45) is 0 Å². The summed E-state index contributed by atoms with van der Waals surface area (Å²) in [6, 6.07) is 8.14. The van der Waals surface area contributed by atoms with E-state index in [4.69, 9.17) is 0 Å². The maximum atomic E-state index is 11.6. The Balaban J connectivity index is 2.52. The van der Waals surface area contributed by atoms with Gasteiger partial charge in [-0.1, -0.05) is 32.9 Å². The molecule has 0 aliphatic heterocycles. The minimum Gasteiger partial charge on any atom is -0.384 e. The molecule has 1 aromatic carbocycles. The summed E-state index contributed by atoms with van der Waals surface area (Å²) in [5.41, 5.74) is 2.25. The molecule has 0 radical (unpaired) electrons. The summed E-state index contributed by atoms with van der Waals surface area (Å²) in [5, 5.41) is 3.18. The van der Waals surface area contributed by atoms with Gasteiger partial charge in [-0.05, 0) is 30.0 Å². The smallest absolute Gasteiger partial charge is 0.152 e. The number of nitrogens with one attached hydrogen (secondary N) is 1. The zero-order valence-corrected chi connectivity index (χ0v) is 12.3. The van der Waals surface area contributed by atoms with Crippen LogP contribution in [0.15, 0.2) is 24.3 Å². The maximum Gasteiger partial charge on any atom is 0.152 e. The molecule has 0 amide bonds. The lowest BCUT2D eigenvalue weighted by Gasteiger charge is -2.10. The summed E-state index contributed by atoms with van der Waals surface area (Å²) in [6.45, 7) is 6.65. The minimum atomic E-state index is -2.89. The van der Waals surface area contributed by atoms with Gasteiger partial charge >= 0.3 is 0 Å². The predicted molar refractivity (Wildman–Crippen MR) is 78.0 cm³/mol. The number of benzene rings is 1. The summed E-state index contributed by atoms with van der Waals surface area (Å²) in [4.78, 5) is 0. The molecule has 4 heteroatoms. The predicted octanol–water partition coefficient (Wildman–Crippen LogP) is 3.05. The quantitative estimate of drug-likeness (QED) is 0.827. The van der Waals surface area contributed by atoms with Crippen LogP contribution in [0.1, 0.15) is 38.7 Å². The lowest BCUT2D eigenvalue weighted by atomic mass is 10.0. The Morgan fingerprint density at radius 3 is 2.56 bits per heavy atom. The first-order valence-electron chi connectivity index (χ1n) is 6.49. The van der Waals surface area contributed by atoms with E-state index in [1.54, 1.807) is 0 Å². The summed E-state index contributed by atoms with van der Waals surface area (Å²) in [5.74, 6) is 0.962. The van der Waals surface area contributed by atoms with Gasteiger partial charge in [-0.2, -0.15) is 0 Å². The summed E-state index contributed by atoms with van der Waals surface area (Å²) < 4.78 is 23.1. The largest absolute Gasteiger partial charge is 0.384 e. The highest BCUT2D eigenvalue weighted by molar-refractivity contribution is 7.91. The van der Waals surface area contributed by atoms with Crippen molar-refractivity contribution in [1.29, 1.82) is 0 Å². The van der Waals surface area contributed by atoms with Crippen LogP contribution in [0.2, 0.25) is 0 Å². The van der Waals surface area contributed by atoms with Gasteiger partial charge in [-0.25, -0.2) is 8.42 Å². The second kappa shape index (κ2) is 6.78. The van der Waals surface area contributed by atoms with Gasteiger partial charge in [-0.3, -0.25) is 0 Å². The minimum absolute atomic E-state index is 0.201. The highest BCUT2D eigenvalue weighted by Gasteiger charge is 2.08. The van der Waals surface area contributed by atoms with Gasteiger partial charge in [0.25, 0.3) is 0 Å². The third kappa shape index (κ3) is 5.08. The van der Waals surface area contributed by atoms with Gasteiger partial charge < -0.3 is 5.32 Å². The highest BCUT2D eigenvalue weighted by Crippen LogP contribution is 2.18. The average molecular weight is 269 g/mol. The van der Waals surface area contributed by atoms with Gasteiger partial charge in [0.15, 0.2) is 9.84 Å². The molecule has 0 aliphatic carbocycles. The van der Waals surface area contributed by atoms with Gasteiger partial charge in [0, 0.05) is 18.0 Å². The average Bonchev–Trinajstić information content (AvgIpc) is 2.29. The SMILES string of the molecule is CCCS(=O)(=O)CCNc1cccc(C(C)C)c1. The van der Waals surface area contributed by atoms with E-state index >= 15 is 0 Å². The molecule has 0 spiro atoms. The summed E-state index contributed by atoms with van der Waals surface area (Å²) in [6.07, 6.45) is 0.686. The van der Waals surface area contributed by atoms with Crippen molar-refractivity contribution in [3.05, 3.63) is 29.8 Å². The number of hydrogen-bond acceptors (Lipinski definition) is 3. The van der Waals surface area contributed by atoms with Crippen LogP contribution in [0, 0.1) is 0 Å². The zero-order valence-electron chi connectivity index (χ0n) is 11.4. The fraction of sp³-hybridized carbons (Fsp3) is 0.571.